The van der Waals surface area contributed by atoms with Crippen molar-refractivity contribution in [2.24, 2.45) is 5.92 Å². The Labute approximate surface area is 112 Å². The number of rotatable bonds is 3. The molecule has 2 rings (SSSR count). The number of carbonyl (C=O) groups is 1. The smallest absolute Gasteiger partial charge is 0.328 e. The Bertz CT molecular complexity index is 499. The molecule has 0 saturated carbocycles. The summed E-state index contributed by atoms with van der Waals surface area (Å²) in [6, 6.07) is 4.88. The molecule has 1 fully saturated rings. The molecule has 1 saturated heterocycles. The standard InChI is InChI=1S/C15H18FNO2/c1-11-4-3-9-17(10-11)14-6-2-5-13(16)12(14)7-8-15(18)19/h2,5-8,11H,3-4,9-10H2,1H3,(H,18,19)/b8-7+. The first-order chi connectivity index (χ1) is 9.08. The number of carboxylic acids is 1. The minimum atomic E-state index is -1.07. The largest absolute Gasteiger partial charge is 0.478 e. The molecule has 102 valence electrons. The summed E-state index contributed by atoms with van der Waals surface area (Å²) < 4.78 is 13.9. The van der Waals surface area contributed by atoms with Crippen molar-refractivity contribution in [3.8, 4) is 0 Å². The van der Waals surface area contributed by atoms with Crippen LogP contribution in [0.2, 0.25) is 0 Å². The molecule has 0 radical (unpaired) electrons. The van der Waals surface area contributed by atoms with Gasteiger partial charge in [0.1, 0.15) is 5.82 Å². The van der Waals surface area contributed by atoms with Gasteiger partial charge in [0.15, 0.2) is 0 Å². The Morgan fingerprint density at radius 3 is 3.00 bits per heavy atom. The molecule has 1 aliphatic rings. The molecule has 4 heteroatoms. The van der Waals surface area contributed by atoms with E-state index in [1.54, 1.807) is 6.07 Å². The molecule has 0 aliphatic carbocycles. The summed E-state index contributed by atoms with van der Waals surface area (Å²) in [5.41, 5.74) is 1.14. The average Bonchev–Trinajstić information content (AvgIpc) is 2.37. The van der Waals surface area contributed by atoms with Crippen LogP contribution >= 0.6 is 0 Å². The molecule has 1 aliphatic heterocycles. The second-order valence-corrected chi connectivity index (χ2v) is 5.04. The van der Waals surface area contributed by atoms with Crippen molar-refractivity contribution < 1.29 is 14.3 Å². The quantitative estimate of drug-likeness (QED) is 0.852. The molecule has 1 aromatic rings. The third kappa shape index (κ3) is 3.34. The number of hydrogen-bond donors (Lipinski definition) is 1. The number of benzene rings is 1. The van der Waals surface area contributed by atoms with Crippen LogP contribution in [0.3, 0.4) is 0 Å². The van der Waals surface area contributed by atoms with E-state index < -0.39 is 5.97 Å². The fraction of sp³-hybridized carbons (Fsp3) is 0.400. The van der Waals surface area contributed by atoms with Gasteiger partial charge < -0.3 is 10.0 Å². The molecule has 0 amide bonds. The highest BCUT2D eigenvalue weighted by Crippen LogP contribution is 2.28. The lowest BCUT2D eigenvalue weighted by Gasteiger charge is -2.33. The third-order valence-electron chi connectivity index (χ3n) is 3.42. The van der Waals surface area contributed by atoms with Crippen molar-refractivity contribution in [2.75, 3.05) is 18.0 Å². The van der Waals surface area contributed by atoms with Crippen molar-refractivity contribution in [1.82, 2.24) is 0 Å². The first kappa shape index (κ1) is 13.6. The maximum atomic E-state index is 13.9. The summed E-state index contributed by atoms with van der Waals surface area (Å²) in [7, 11) is 0. The number of halogens is 1. The SMILES string of the molecule is CC1CCCN(c2cccc(F)c2/C=C/C(=O)O)C1. The predicted molar refractivity (Wildman–Crippen MR) is 73.7 cm³/mol. The van der Waals surface area contributed by atoms with Crippen LogP contribution in [0.15, 0.2) is 24.3 Å². The van der Waals surface area contributed by atoms with Gasteiger partial charge in [-0.1, -0.05) is 13.0 Å². The van der Waals surface area contributed by atoms with E-state index in [-0.39, 0.29) is 5.82 Å². The zero-order valence-electron chi connectivity index (χ0n) is 11.0. The summed E-state index contributed by atoms with van der Waals surface area (Å²) in [5.74, 6) is -0.872. The number of hydrogen-bond acceptors (Lipinski definition) is 2. The number of carboxylic acid groups (broad SMARTS) is 1. The summed E-state index contributed by atoms with van der Waals surface area (Å²) in [6.07, 6.45) is 4.59. The molecule has 0 bridgehead atoms. The van der Waals surface area contributed by atoms with E-state index in [0.717, 1.165) is 31.3 Å². The second kappa shape index (κ2) is 5.87. The highest BCUT2D eigenvalue weighted by atomic mass is 19.1. The molecule has 19 heavy (non-hydrogen) atoms. The van der Waals surface area contributed by atoms with Crippen molar-refractivity contribution in [3.05, 3.63) is 35.7 Å². The van der Waals surface area contributed by atoms with Gasteiger partial charge in [-0.15, -0.1) is 0 Å². The second-order valence-electron chi connectivity index (χ2n) is 5.04. The molecule has 1 N–H and O–H groups in total. The van der Waals surface area contributed by atoms with E-state index in [1.165, 1.54) is 18.6 Å². The number of nitrogens with zero attached hydrogens (tertiary/aromatic N) is 1. The minimum absolute atomic E-state index is 0.360. The van der Waals surface area contributed by atoms with Gasteiger partial charge in [-0.3, -0.25) is 0 Å². The summed E-state index contributed by atoms with van der Waals surface area (Å²) >= 11 is 0. The van der Waals surface area contributed by atoms with Gasteiger partial charge in [0.25, 0.3) is 0 Å². The van der Waals surface area contributed by atoms with Gasteiger partial charge in [0.05, 0.1) is 0 Å². The Morgan fingerprint density at radius 1 is 1.53 bits per heavy atom. The number of aliphatic carboxylic acids is 1. The topological polar surface area (TPSA) is 40.5 Å². The average molecular weight is 263 g/mol. The maximum Gasteiger partial charge on any atom is 0.328 e. The van der Waals surface area contributed by atoms with Gasteiger partial charge in [-0.25, -0.2) is 9.18 Å². The predicted octanol–water partition coefficient (Wildman–Crippen LogP) is 3.16. The number of piperidine rings is 1. The van der Waals surface area contributed by atoms with Gasteiger partial charge in [-0.2, -0.15) is 0 Å². The lowest BCUT2D eigenvalue weighted by atomic mass is 9.98. The minimum Gasteiger partial charge on any atom is -0.478 e. The Kier molecular flexibility index (Phi) is 4.20. The molecular weight excluding hydrogens is 245 g/mol. The van der Waals surface area contributed by atoms with Crippen LogP contribution in [0.5, 0.6) is 0 Å². The Balaban J connectivity index is 2.33. The molecule has 0 spiro atoms. The van der Waals surface area contributed by atoms with Gasteiger partial charge >= 0.3 is 5.97 Å². The van der Waals surface area contributed by atoms with Gasteiger partial charge in [0, 0.05) is 30.4 Å². The van der Waals surface area contributed by atoms with E-state index >= 15 is 0 Å². The molecule has 3 nitrogen and oxygen atoms in total. The van der Waals surface area contributed by atoms with Crippen molar-refractivity contribution in [1.29, 1.82) is 0 Å². The van der Waals surface area contributed by atoms with Gasteiger partial charge in [0.2, 0.25) is 0 Å². The van der Waals surface area contributed by atoms with Crippen LogP contribution in [0.4, 0.5) is 10.1 Å². The number of anilines is 1. The van der Waals surface area contributed by atoms with Crippen LogP contribution in [-0.4, -0.2) is 24.2 Å². The molecular formula is C15H18FNO2. The Hall–Kier alpha value is -1.84. The van der Waals surface area contributed by atoms with E-state index in [9.17, 15) is 9.18 Å². The molecule has 1 aromatic carbocycles. The maximum absolute atomic E-state index is 13.9. The summed E-state index contributed by atoms with van der Waals surface area (Å²) in [4.78, 5) is 12.7. The zero-order chi connectivity index (χ0) is 13.8. The molecule has 0 aromatic heterocycles. The highest BCUT2D eigenvalue weighted by Gasteiger charge is 2.19. The fourth-order valence-electron chi connectivity index (χ4n) is 2.53. The summed E-state index contributed by atoms with van der Waals surface area (Å²) in [5, 5.41) is 8.69. The molecule has 1 heterocycles. The van der Waals surface area contributed by atoms with Gasteiger partial charge in [-0.05, 0) is 37.0 Å². The van der Waals surface area contributed by atoms with Crippen LogP contribution in [0, 0.1) is 11.7 Å². The molecule has 1 atom stereocenters. The van der Waals surface area contributed by atoms with Crippen LogP contribution in [0.1, 0.15) is 25.3 Å². The van der Waals surface area contributed by atoms with E-state index in [0.29, 0.717) is 11.5 Å². The normalized spacial score (nSPS) is 19.9. The lowest BCUT2D eigenvalue weighted by molar-refractivity contribution is -0.131. The van der Waals surface area contributed by atoms with E-state index in [4.69, 9.17) is 5.11 Å². The highest BCUT2D eigenvalue weighted by molar-refractivity contribution is 5.87. The van der Waals surface area contributed by atoms with Crippen LogP contribution < -0.4 is 4.90 Å². The van der Waals surface area contributed by atoms with Crippen LogP contribution in [0.25, 0.3) is 6.08 Å². The van der Waals surface area contributed by atoms with E-state index in [1.807, 2.05) is 6.07 Å². The fourth-order valence-corrected chi connectivity index (χ4v) is 2.53. The van der Waals surface area contributed by atoms with Crippen molar-refractivity contribution in [3.63, 3.8) is 0 Å². The Morgan fingerprint density at radius 2 is 2.32 bits per heavy atom. The van der Waals surface area contributed by atoms with Crippen LogP contribution in [-0.2, 0) is 4.79 Å². The van der Waals surface area contributed by atoms with E-state index in [2.05, 4.69) is 11.8 Å². The van der Waals surface area contributed by atoms with Crippen molar-refractivity contribution >= 4 is 17.7 Å². The monoisotopic (exact) mass is 263 g/mol. The lowest BCUT2D eigenvalue weighted by Crippen LogP contribution is -2.34. The first-order valence-electron chi connectivity index (χ1n) is 6.52. The summed E-state index contributed by atoms with van der Waals surface area (Å²) in [6.45, 7) is 3.96. The first-order valence-corrected chi connectivity index (χ1v) is 6.52. The van der Waals surface area contributed by atoms with Crippen molar-refractivity contribution in [2.45, 2.75) is 19.8 Å². The third-order valence-corrected chi connectivity index (χ3v) is 3.42. The zero-order valence-corrected chi connectivity index (χ0v) is 11.0. The molecule has 1 unspecified atom stereocenters.